The van der Waals surface area contributed by atoms with Crippen molar-refractivity contribution in [3.63, 3.8) is 0 Å². The summed E-state index contributed by atoms with van der Waals surface area (Å²) in [6, 6.07) is 0. The highest BCUT2D eigenvalue weighted by atomic mass is 16.3. The van der Waals surface area contributed by atoms with Gasteiger partial charge >= 0.3 is 0 Å². The normalized spacial score (nSPS) is 15.5. The molecular formula is C17H37NO. The Hall–Kier alpha value is -0.0800. The molecule has 2 heteroatoms. The van der Waals surface area contributed by atoms with E-state index in [0.717, 1.165) is 19.3 Å². The van der Waals surface area contributed by atoms with Gasteiger partial charge in [0.15, 0.2) is 0 Å². The summed E-state index contributed by atoms with van der Waals surface area (Å²) in [7, 11) is 0. The van der Waals surface area contributed by atoms with Crippen molar-refractivity contribution in [1.82, 2.24) is 0 Å². The number of rotatable bonds is 12. The number of aliphatic hydroxyl groups is 1. The van der Waals surface area contributed by atoms with Gasteiger partial charge in [-0.2, -0.15) is 0 Å². The third-order valence-electron chi connectivity index (χ3n) is 4.66. The molecule has 3 N–H and O–H groups in total. The van der Waals surface area contributed by atoms with E-state index in [1.54, 1.807) is 0 Å². The highest BCUT2D eigenvalue weighted by Crippen LogP contribution is 2.31. The van der Waals surface area contributed by atoms with Crippen molar-refractivity contribution < 1.29 is 5.11 Å². The van der Waals surface area contributed by atoms with Crippen LogP contribution in [0, 0.1) is 5.92 Å². The molecule has 0 fully saturated rings. The maximum absolute atomic E-state index is 9.69. The zero-order valence-electron chi connectivity index (χ0n) is 13.8. The van der Waals surface area contributed by atoms with Crippen molar-refractivity contribution in [3.05, 3.63) is 0 Å². The van der Waals surface area contributed by atoms with Crippen LogP contribution in [-0.4, -0.2) is 16.7 Å². The summed E-state index contributed by atoms with van der Waals surface area (Å²) in [5.74, 6) is 0.466. The van der Waals surface area contributed by atoms with Gasteiger partial charge in [-0.05, 0) is 38.5 Å². The van der Waals surface area contributed by atoms with Crippen LogP contribution in [-0.2, 0) is 0 Å². The molecule has 0 radical (unpaired) electrons. The van der Waals surface area contributed by atoms with E-state index >= 15 is 0 Å². The summed E-state index contributed by atoms with van der Waals surface area (Å²) in [5, 5.41) is 9.69. The molecule has 0 aromatic heterocycles. The highest BCUT2D eigenvalue weighted by molar-refractivity contribution is 4.89. The van der Waals surface area contributed by atoms with E-state index in [4.69, 9.17) is 5.73 Å². The van der Waals surface area contributed by atoms with E-state index in [9.17, 15) is 5.11 Å². The summed E-state index contributed by atoms with van der Waals surface area (Å²) in [6.45, 7) is 8.50. The topological polar surface area (TPSA) is 46.2 Å². The van der Waals surface area contributed by atoms with Gasteiger partial charge in [-0.15, -0.1) is 0 Å². The second-order valence-corrected chi connectivity index (χ2v) is 6.28. The smallest absolute Gasteiger partial charge is 0.0515 e. The van der Waals surface area contributed by atoms with Gasteiger partial charge < -0.3 is 10.8 Å². The summed E-state index contributed by atoms with van der Waals surface area (Å²) in [5.41, 5.74) is 6.46. The highest BCUT2D eigenvalue weighted by Gasteiger charge is 2.31. The zero-order valence-corrected chi connectivity index (χ0v) is 13.8. The number of aliphatic hydroxyl groups excluding tert-OH is 1. The molecule has 2 atom stereocenters. The maximum atomic E-state index is 9.69. The Morgan fingerprint density at radius 2 is 1.47 bits per heavy atom. The molecule has 0 aromatic rings. The van der Waals surface area contributed by atoms with Gasteiger partial charge in [0, 0.05) is 5.54 Å². The first-order chi connectivity index (χ1) is 9.00. The first-order valence-corrected chi connectivity index (χ1v) is 8.47. The van der Waals surface area contributed by atoms with E-state index < -0.39 is 0 Å². The van der Waals surface area contributed by atoms with Gasteiger partial charge in [0.1, 0.15) is 0 Å². The minimum absolute atomic E-state index is 0.0829. The van der Waals surface area contributed by atoms with Crippen LogP contribution in [0.5, 0.6) is 0 Å². The standard InChI is InChI=1S/C17H37NO/c1-5-8-9-10-11-12-13-16(14-15(4)19)17(18,6-2)7-3/h15-16,19H,5-14,18H2,1-4H3. The van der Waals surface area contributed by atoms with Crippen molar-refractivity contribution in [2.24, 2.45) is 11.7 Å². The van der Waals surface area contributed by atoms with Crippen LogP contribution in [0.25, 0.3) is 0 Å². The van der Waals surface area contributed by atoms with E-state index in [-0.39, 0.29) is 11.6 Å². The SMILES string of the molecule is CCCCCCCCC(CC(C)O)C(N)(CC)CC. The minimum atomic E-state index is -0.230. The lowest BCUT2D eigenvalue weighted by molar-refractivity contribution is 0.116. The Bertz CT molecular complexity index is 199. The Balaban J connectivity index is 4.13. The minimum Gasteiger partial charge on any atom is -0.393 e. The molecule has 2 unspecified atom stereocenters. The summed E-state index contributed by atoms with van der Waals surface area (Å²) in [4.78, 5) is 0. The Morgan fingerprint density at radius 1 is 0.947 bits per heavy atom. The zero-order chi connectivity index (χ0) is 14.7. The van der Waals surface area contributed by atoms with Gasteiger partial charge in [0.05, 0.1) is 6.10 Å². The van der Waals surface area contributed by atoms with Crippen molar-refractivity contribution >= 4 is 0 Å². The molecule has 0 bridgehead atoms. The maximum Gasteiger partial charge on any atom is 0.0515 e. The Labute approximate surface area is 121 Å². The lowest BCUT2D eigenvalue weighted by Gasteiger charge is -2.37. The van der Waals surface area contributed by atoms with Crippen LogP contribution in [0.1, 0.15) is 91.9 Å². The fraction of sp³-hybridized carbons (Fsp3) is 1.00. The van der Waals surface area contributed by atoms with E-state index in [2.05, 4.69) is 20.8 Å². The molecule has 0 spiro atoms. The predicted octanol–water partition coefficient (Wildman–Crippen LogP) is 4.64. The first kappa shape index (κ1) is 18.9. The average Bonchev–Trinajstić information content (AvgIpc) is 2.40. The first-order valence-electron chi connectivity index (χ1n) is 8.47. The Kier molecular flexibility index (Phi) is 10.6. The molecule has 0 saturated carbocycles. The molecule has 0 saturated heterocycles. The fourth-order valence-corrected chi connectivity index (χ4v) is 3.05. The molecule has 0 aliphatic heterocycles. The molecule has 0 aliphatic carbocycles. The van der Waals surface area contributed by atoms with Crippen molar-refractivity contribution in [2.75, 3.05) is 0 Å². The van der Waals surface area contributed by atoms with Crippen LogP contribution >= 0.6 is 0 Å². The van der Waals surface area contributed by atoms with E-state index in [1.807, 2.05) is 6.92 Å². The lowest BCUT2D eigenvalue weighted by Crippen LogP contribution is -2.47. The third-order valence-corrected chi connectivity index (χ3v) is 4.66. The van der Waals surface area contributed by atoms with Crippen LogP contribution in [0.2, 0.25) is 0 Å². The molecule has 2 nitrogen and oxygen atoms in total. The van der Waals surface area contributed by atoms with Gasteiger partial charge in [0.25, 0.3) is 0 Å². The number of unbranched alkanes of at least 4 members (excludes halogenated alkanes) is 5. The quantitative estimate of drug-likeness (QED) is 0.508. The number of hydrogen-bond donors (Lipinski definition) is 2. The predicted molar refractivity (Wildman–Crippen MR) is 85.3 cm³/mol. The molecular weight excluding hydrogens is 234 g/mol. The molecule has 0 aliphatic rings. The number of nitrogens with two attached hydrogens (primary N) is 1. The largest absolute Gasteiger partial charge is 0.393 e. The van der Waals surface area contributed by atoms with Crippen molar-refractivity contribution in [2.45, 2.75) is 104 Å². The van der Waals surface area contributed by atoms with E-state index in [0.29, 0.717) is 5.92 Å². The molecule has 116 valence electrons. The summed E-state index contributed by atoms with van der Waals surface area (Å²) < 4.78 is 0. The lowest BCUT2D eigenvalue weighted by atomic mass is 9.75. The van der Waals surface area contributed by atoms with Crippen LogP contribution in [0.4, 0.5) is 0 Å². The van der Waals surface area contributed by atoms with E-state index in [1.165, 1.54) is 44.9 Å². The second-order valence-electron chi connectivity index (χ2n) is 6.28. The molecule has 0 amide bonds. The molecule has 0 aromatic carbocycles. The number of hydrogen-bond acceptors (Lipinski definition) is 2. The molecule has 0 heterocycles. The molecule has 19 heavy (non-hydrogen) atoms. The average molecular weight is 271 g/mol. The fourth-order valence-electron chi connectivity index (χ4n) is 3.05. The monoisotopic (exact) mass is 271 g/mol. The van der Waals surface area contributed by atoms with Gasteiger partial charge in [-0.25, -0.2) is 0 Å². The van der Waals surface area contributed by atoms with Gasteiger partial charge in [0.2, 0.25) is 0 Å². The molecule has 0 rings (SSSR count). The van der Waals surface area contributed by atoms with Crippen LogP contribution in [0.3, 0.4) is 0 Å². The summed E-state index contributed by atoms with van der Waals surface area (Å²) >= 11 is 0. The van der Waals surface area contributed by atoms with Gasteiger partial charge in [-0.1, -0.05) is 59.3 Å². The Morgan fingerprint density at radius 3 is 1.95 bits per heavy atom. The van der Waals surface area contributed by atoms with Crippen molar-refractivity contribution in [3.8, 4) is 0 Å². The van der Waals surface area contributed by atoms with Gasteiger partial charge in [-0.3, -0.25) is 0 Å². The van der Waals surface area contributed by atoms with Crippen LogP contribution in [0.15, 0.2) is 0 Å². The van der Waals surface area contributed by atoms with Crippen LogP contribution < -0.4 is 5.73 Å². The third kappa shape index (κ3) is 7.94. The second kappa shape index (κ2) is 10.7. The summed E-state index contributed by atoms with van der Waals surface area (Å²) in [6.07, 6.45) is 11.8. The van der Waals surface area contributed by atoms with Crippen molar-refractivity contribution in [1.29, 1.82) is 0 Å².